The minimum absolute atomic E-state index is 0.00201. The van der Waals surface area contributed by atoms with Crippen LogP contribution < -0.4 is 4.74 Å². The third-order valence-electron chi connectivity index (χ3n) is 4.16. The van der Waals surface area contributed by atoms with Crippen LogP contribution in [0.25, 0.3) is 0 Å². The number of alkyl halides is 3. The van der Waals surface area contributed by atoms with E-state index in [1.54, 1.807) is 0 Å². The molecular weight excluding hydrogens is 288 g/mol. The molecule has 3 atom stereocenters. The van der Waals surface area contributed by atoms with Gasteiger partial charge in [0.1, 0.15) is 0 Å². The third-order valence-corrected chi connectivity index (χ3v) is 4.16. The van der Waals surface area contributed by atoms with Gasteiger partial charge in [0.25, 0.3) is 0 Å². The Bertz CT molecular complexity index is 487. The van der Waals surface area contributed by atoms with E-state index < -0.39 is 29.9 Å². The Kier molecular flexibility index (Phi) is 4.76. The SMILES string of the molecule is COc1cccc(C(O)C2CCCC(C(F)(F)F)C2)c1F. The molecule has 0 aromatic heterocycles. The van der Waals surface area contributed by atoms with Crippen molar-refractivity contribution in [2.45, 2.75) is 38.0 Å². The van der Waals surface area contributed by atoms with Gasteiger partial charge in [0.05, 0.1) is 19.1 Å². The average molecular weight is 306 g/mol. The van der Waals surface area contributed by atoms with Gasteiger partial charge in [0, 0.05) is 5.56 Å². The van der Waals surface area contributed by atoms with E-state index in [0.717, 1.165) is 0 Å². The summed E-state index contributed by atoms with van der Waals surface area (Å²) in [7, 11) is 1.30. The predicted molar refractivity (Wildman–Crippen MR) is 69.4 cm³/mol. The van der Waals surface area contributed by atoms with E-state index in [9.17, 15) is 22.7 Å². The van der Waals surface area contributed by atoms with E-state index in [1.165, 1.54) is 25.3 Å². The molecule has 1 N–H and O–H groups in total. The van der Waals surface area contributed by atoms with Crippen molar-refractivity contribution >= 4 is 0 Å². The van der Waals surface area contributed by atoms with Crippen molar-refractivity contribution < 1.29 is 27.4 Å². The van der Waals surface area contributed by atoms with Gasteiger partial charge in [-0.2, -0.15) is 13.2 Å². The Morgan fingerprint density at radius 3 is 2.62 bits per heavy atom. The van der Waals surface area contributed by atoms with E-state index in [-0.39, 0.29) is 24.2 Å². The fourth-order valence-electron chi connectivity index (χ4n) is 2.98. The van der Waals surface area contributed by atoms with E-state index >= 15 is 0 Å². The summed E-state index contributed by atoms with van der Waals surface area (Å²) < 4.78 is 57.3. The Morgan fingerprint density at radius 2 is 2.00 bits per heavy atom. The molecule has 118 valence electrons. The Morgan fingerprint density at radius 1 is 1.29 bits per heavy atom. The number of hydrogen-bond donors (Lipinski definition) is 1. The van der Waals surface area contributed by atoms with Crippen LogP contribution in [-0.4, -0.2) is 18.4 Å². The second-order valence-corrected chi connectivity index (χ2v) is 5.47. The molecule has 0 radical (unpaired) electrons. The van der Waals surface area contributed by atoms with Gasteiger partial charge in [0.2, 0.25) is 0 Å². The van der Waals surface area contributed by atoms with Crippen molar-refractivity contribution in [3.8, 4) is 5.75 Å². The zero-order valence-electron chi connectivity index (χ0n) is 11.7. The second kappa shape index (κ2) is 6.22. The van der Waals surface area contributed by atoms with E-state index in [4.69, 9.17) is 4.74 Å². The van der Waals surface area contributed by atoms with Gasteiger partial charge in [-0.1, -0.05) is 18.6 Å². The van der Waals surface area contributed by atoms with Crippen molar-refractivity contribution in [3.05, 3.63) is 29.6 Å². The van der Waals surface area contributed by atoms with Gasteiger partial charge >= 0.3 is 6.18 Å². The number of methoxy groups -OCH3 is 1. The van der Waals surface area contributed by atoms with Gasteiger partial charge in [-0.25, -0.2) is 4.39 Å². The van der Waals surface area contributed by atoms with Crippen molar-refractivity contribution in [2.75, 3.05) is 7.11 Å². The highest BCUT2D eigenvalue weighted by molar-refractivity contribution is 5.32. The fourth-order valence-corrected chi connectivity index (χ4v) is 2.98. The molecule has 2 rings (SSSR count). The van der Waals surface area contributed by atoms with Crippen LogP contribution in [0.4, 0.5) is 17.6 Å². The van der Waals surface area contributed by atoms with Crippen LogP contribution in [0.2, 0.25) is 0 Å². The molecule has 3 unspecified atom stereocenters. The molecule has 0 heterocycles. The van der Waals surface area contributed by atoms with Gasteiger partial charge in [-0.3, -0.25) is 0 Å². The maximum Gasteiger partial charge on any atom is 0.391 e. The molecule has 0 aliphatic heterocycles. The van der Waals surface area contributed by atoms with Crippen molar-refractivity contribution in [1.29, 1.82) is 0 Å². The molecule has 0 amide bonds. The Hall–Kier alpha value is -1.30. The smallest absolute Gasteiger partial charge is 0.391 e. The lowest BCUT2D eigenvalue weighted by Gasteiger charge is -2.33. The van der Waals surface area contributed by atoms with E-state index in [1.807, 2.05) is 0 Å². The highest BCUT2D eigenvalue weighted by Gasteiger charge is 2.43. The highest BCUT2D eigenvalue weighted by atomic mass is 19.4. The highest BCUT2D eigenvalue weighted by Crippen LogP contribution is 2.44. The van der Waals surface area contributed by atoms with Crippen LogP contribution in [0.5, 0.6) is 5.75 Å². The fraction of sp³-hybridized carbons (Fsp3) is 0.600. The van der Waals surface area contributed by atoms with Gasteiger partial charge in [0.15, 0.2) is 11.6 Å². The predicted octanol–water partition coefficient (Wildman–Crippen LogP) is 4.24. The quantitative estimate of drug-likeness (QED) is 0.847. The van der Waals surface area contributed by atoms with Crippen molar-refractivity contribution in [1.82, 2.24) is 0 Å². The zero-order chi connectivity index (χ0) is 15.6. The molecule has 1 fully saturated rings. The minimum atomic E-state index is -4.26. The number of aliphatic hydroxyl groups is 1. The summed E-state index contributed by atoms with van der Waals surface area (Å²) in [5, 5.41) is 10.3. The van der Waals surface area contributed by atoms with E-state index in [0.29, 0.717) is 12.8 Å². The molecule has 1 saturated carbocycles. The first kappa shape index (κ1) is 16.1. The standard InChI is InChI=1S/C15H18F4O2/c1-21-12-7-3-6-11(13(12)16)14(20)9-4-2-5-10(8-9)15(17,18)19/h3,6-7,9-10,14,20H,2,4-5,8H2,1H3. The van der Waals surface area contributed by atoms with Crippen molar-refractivity contribution in [2.24, 2.45) is 11.8 Å². The van der Waals surface area contributed by atoms with Gasteiger partial charge in [-0.15, -0.1) is 0 Å². The molecule has 1 aromatic rings. The number of ether oxygens (including phenoxy) is 1. The minimum Gasteiger partial charge on any atom is -0.494 e. The van der Waals surface area contributed by atoms with Crippen LogP contribution in [0.1, 0.15) is 37.4 Å². The molecule has 21 heavy (non-hydrogen) atoms. The first-order valence-electron chi connectivity index (χ1n) is 6.91. The topological polar surface area (TPSA) is 29.5 Å². The molecule has 0 spiro atoms. The molecule has 1 aliphatic rings. The molecule has 1 aliphatic carbocycles. The number of rotatable bonds is 3. The second-order valence-electron chi connectivity index (χ2n) is 5.47. The molecule has 0 bridgehead atoms. The van der Waals surface area contributed by atoms with Crippen LogP contribution in [0.15, 0.2) is 18.2 Å². The number of aliphatic hydroxyl groups excluding tert-OH is 1. The maximum atomic E-state index is 14.1. The van der Waals surface area contributed by atoms with Crippen LogP contribution >= 0.6 is 0 Å². The summed E-state index contributed by atoms with van der Waals surface area (Å²) in [5.41, 5.74) is 0.00201. The molecule has 6 heteroatoms. The summed E-state index contributed by atoms with van der Waals surface area (Å²) in [6.45, 7) is 0. The lowest BCUT2D eigenvalue weighted by Crippen LogP contribution is -2.31. The summed E-state index contributed by atoms with van der Waals surface area (Å²) >= 11 is 0. The monoisotopic (exact) mass is 306 g/mol. The third kappa shape index (κ3) is 3.48. The normalized spacial score (nSPS) is 24.7. The Balaban J connectivity index is 2.18. The summed E-state index contributed by atoms with van der Waals surface area (Å²) in [6, 6.07) is 4.31. The average Bonchev–Trinajstić information content (AvgIpc) is 2.46. The lowest BCUT2D eigenvalue weighted by molar-refractivity contribution is -0.189. The van der Waals surface area contributed by atoms with E-state index in [2.05, 4.69) is 0 Å². The van der Waals surface area contributed by atoms with Gasteiger partial charge < -0.3 is 9.84 Å². The summed E-state index contributed by atoms with van der Waals surface area (Å²) in [6.07, 6.45) is -4.74. The number of benzene rings is 1. The van der Waals surface area contributed by atoms with Crippen molar-refractivity contribution in [3.63, 3.8) is 0 Å². The lowest BCUT2D eigenvalue weighted by atomic mass is 9.77. The number of hydrogen-bond acceptors (Lipinski definition) is 2. The first-order valence-corrected chi connectivity index (χ1v) is 6.91. The van der Waals surface area contributed by atoms with Crippen LogP contribution in [0.3, 0.4) is 0 Å². The zero-order valence-corrected chi connectivity index (χ0v) is 11.7. The summed E-state index contributed by atoms with van der Waals surface area (Å²) in [5.74, 6) is -2.73. The maximum absolute atomic E-state index is 14.1. The molecular formula is C15H18F4O2. The summed E-state index contributed by atoms with van der Waals surface area (Å²) in [4.78, 5) is 0. The molecule has 2 nitrogen and oxygen atoms in total. The molecule has 0 saturated heterocycles. The van der Waals surface area contributed by atoms with Gasteiger partial charge in [-0.05, 0) is 31.2 Å². The largest absolute Gasteiger partial charge is 0.494 e. The first-order chi connectivity index (χ1) is 9.84. The van der Waals surface area contributed by atoms with Crippen LogP contribution in [0, 0.1) is 17.7 Å². The number of halogens is 4. The Labute approximate surface area is 120 Å². The molecule has 1 aromatic carbocycles. The van der Waals surface area contributed by atoms with Crippen LogP contribution in [-0.2, 0) is 0 Å².